The van der Waals surface area contributed by atoms with Gasteiger partial charge in [0.2, 0.25) is 0 Å². The van der Waals surface area contributed by atoms with Crippen molar-refractivity contribution in [1.29, 1.82) is 0 Å². The molecule has 0 aliphatic carbocycles. The molecule has 0 aromatic rings. The van der Waals surface area contributed by atoms with E-state index >= 15 is 0 Å². The molecule has 10 atom stereocenters. The summed E-state index contributed by atoms with van der Waals surface area (Å²) in [6.07, 6.45) is -4.42. The van der Waals surface area contributed by atoms with Gasteiger partial charge in [0.05, 0.1) is 19.3 Å². The van der Waals surface area contributed by atoms with Crippen LogP contribution in [0.25, 0.3) is 10.4 Å². The number of carbonyl (C=O) groups excluding carboxylic acids is 1. The first-order valence-electron chi connectivity index (χ1n) is 12.8. The molecule has 3 rings (SSSR count). The number of unbranched alkanes of at least 4 members (excludes halogenated alkanes) is 2. The minimum Gasteiger partial charge on any atom is -0.459 e. The molecule has 0 saturated carbocycles. The van der Waals surface area contributed by atoms with Crippen LogP contribution in [0.2, 0.25) is 0 Å². The molecule has 10 unspecified atom stereocenters. The molecule has 0 amide bonds. The normalized spacial score (nSPS) is 38.2. The molecular formula is C23H39N3O10. The Hall–Kier alpha value is -1.54. The number of nitrogens with zero attached hydrogens (tertiary/aromatic N) is 3. The Balaban J connectivity index is 1.90. The molecule has 0 aromatic heterocycles. The van der Waals surface area contributed by atoms with Gasteiger partial charge in [0.1, 0.15) is 42.7 Å². The summed E-state index contributed by atoms with van der Waals surface area (Å²) < 4.78 is 41.5. The number of aliphatic hydroxyl groups excluding tert-OH is 2. The van der Waals surface area contributed by atoms with Crippen molar-refractivity contribution in [3.63, 3.8) is 0 Å². The Kier molecular flexibility index (Phi) is 11.6. The van der Waals surface area contributed by atoms with Crippen LogP contribution in [0.15, 0.2) is 5.11 Å². The number of carbonyl (C=O) groups is 1. The highest BCUT2D eigenvalue weighted by molar-refractivity contribution is 5.66. The molecule has 3 fully saturated rings. The van der Waals surface area contributed by atoms with Crippen LogP contribution < -0.4 is 0 Å². The number of hydrogen-bond donors (Lipinski definition) is 2. The topological polar surface area (TPSA) is 171 Å². The van der Waals surface area contributed by atoms with Gasteiger partial charge < -0.3 is 43.4 Å². The summed E-state index contributed by atoms with van der Waals surface area (Å²) in [4.78, 5) is 14.8. The molecule has 13 heteroatoms. The molecular weight excluding hydrogens is 478 g/mol. The molecule has 2 N–H and O–H groups in total. The maximum absolute atomic E-state index is 12.0. The summed E-state index contributed by atoms with van der Waals surface area (Å²) in [5.41, 5.74) is 9.12. The fraction of sp³-hybridized carbons (Fsp3) is 0.957. The lowest BCUT2D eigenvalue weighted by molar-refractivity contribution is -0.362. The highest BCUT2D eigenvalue weighted by atomic mass is 16.8. The fourth-order valence-corrected chi connectivity index (χ4v) is 4.64. The minimum atomic E-state index is -1.14. The Morgan fingerprint density at radius 2 is 1.78 bits per heavy atom. The summed E-state index contributed by atoms with van der Waals surface area (Å²) in [6.45, 7) is 5.94. The third-order valence-electron chi connectivity index (χ3n) is 6.49. The van der Waals surface area contributed by atoms with Crippen molar-refractivity contribution in [2.24, 2.45) is 5.11 Å². The molecule has 3 saturated heterocycles. The van der Waals surface area contributed by atoms with Gasteiger partial charge in [-0.25, -0.2) is 0 Å². The summed E-state index contributed by atoms with van der Waals surface area (Å²) in [7, 11) is 0. The first-order chi connectivity index (χ1) is 17.4. The van der Waals surface area contributed by atoms with Gasteiger partial charge >= 0.3 is 5.97 Å². The van der Waals surface area contributed by atoms with Crippen LogP contribution >= 0.6 is 0 Å². The van der Waals surface area contributed by atoms with Crippen LogP contribution in [0.1, 0.15) is 52.9 Å². The first-order valence-corrected chi connectivity index (χ1v) is 12.8. The number of azide groups is 1. The van der Waals surface area contributed by atoms with Gasteiger partial charge in [-0.3, -0.25) is 4.79 Å². The van der Waals surface area contributed by atoms with Crippen LogP contribution in [0.4, 0.5) is 0 Å². The van der Waals surface area contributed by atoms with E-state index in [1.165, 1.54) is 6.92 Å². The molecule has 3 heterocycles. The van der Waals surface area contributed by atoms with Gasteiger partial charge in [-0.1, -0.05) is 31.8 Å². The van der Waals surface area contributed by atoms with E-state index in [1.54, 1.807) is 0 Å². The van der Waals surface area contributed by atoms with Gasteiger partial charge in [-0.05, 0) is 24.8 Å². The number of aliphatic hydroxyl groups is 2. The standard InChI is InChI=1S/C23H39N3O10/c1-4-6-9-30-20-17(29)15(12-27)35-23(21(20)31-10-7-5-2)36-18-14-8-11-32-22(34-14)16(25-26-24)19(18)33-13(3)28/h14-23,27,29H,4-12H2,1-3H3. The molecule has 0 radical (unpaired) electrons. The lowest BCUT2D eigenvalue weighted by Crippen LogP contribution is -2.66. The number of esters is 1. The molecule has 36 heavy (non-hydrogen) atoms. The van der Waals surface area contributed by atoms with Crippen LogP contribution in [0.3, 0.4) is 0 Å². The van der Waals surface area contributed by atoms with Gasteiger partial charge in [-0.2, -0.15) is 0 Å². The number of rotatable bonds is 13. The molecule has 206 valence electrons. The maximum atomic E-state index is 12.0. The zero-order chi connectivity index (χ0) is 26.1. The van der Waals surface area contributed by atoms with Crippen molar-refractivity contribution in [1.82, 2.24) is 0 Å². The Bertz CT molecular complexity index is 739. The zero-order valence-electron chi connectivity index (χ0n) is 21.1. The predicted molar refractivity (Wildman–Crippen MR) is 124 cm³/mol. The van der Waals surface area contributed by atoms with E-state index in [0.717, 1.165) is 25.7 Å². The van der Waals surface area contributed by atoms with E-state index < -0.39 is 73.9 Å². The van der Waals surface area contributed by atoms with Crippen molar-refractivity contribution < 1.29 is 48.2 Å². The van der Waals surface area contributed by atoms with Crippen LogP contribution in [-0.4, -0.2) is 104 Å². The Morgan fingerprint density at radius 3 is 2.39 bits per heavy atom. The lowest BCUT2D eigenvalue weighted by Gasteiger charge is -2.50. The Labute approximate surface area is 210 Å². The third-order valence-corrected chi connectivity index (χ3v) is 6.49. The SMILES string of the molecule is CCCCOC1C(OC2C3CCOC(O3)C(N=[N+]=[N-])C2OC(C)=O)OC(CO)C(O)C1OCCCC. The van der Waals surface area contributed by atoms with E-state index in [9.17, 15) is 15.0 Å². The molecule has 3 aliphatic rings. The molecule has 3 aliphatic heterocycles. The quantitative estimate of drug-likeness (QED) is 0.120. The second-order valence-corrected chi connectivity index (χ2v) is 9.17. The number of hydrogen-bond acceptors (Lipinski definition) is 11. The Morgan fingerprint density at radius 1 is 1.08 bits per heavy atom. The predicted octanol–water partition coefficient (Wildman–Crippen LogP) is 1.58. The molecule has 0 aromatic carbocycles. The highest BCUT2D eigenvalue weighted by Crippen LogP contribution is 2.36. The number of ether oxygens (including phenoxy) is 7. The van der Waals surface area contributed by atoms with Crippen molar-refractivity contribution >= 4 is 5.97 Å². The number of fused-ring (bicyclic) bond motifs is 2. The van der Waals surface area contributed by atoms with E-state index in [4.69, 9.17) is 38.7 Å². The van der Waals surface area contributed by atoms with E-state index in [-0.39, 0.29) is 0 Å². The first kappa shape index (κ1) is 29.0. The molecule has 2 bridgehead atoms. The van der Waals surface area contributed by atoms with Crippen molar-refractivity contribution in [2.75, 3.05) is 26.4 Å². The van der Waals surface area contributed by atoms with Crippen LogP contribution in [0.5, 0.6) is 0 Å². The van der Waals surface area contributed by atoms with Crippen molar-refractivity contribution in [3.05, 3.63) is 10.4 Å². The maximum Gasteiger partial charge on any atom is 0.303 e. The summed E-state index contributed by atoms with van der Waals surface area (Å²) in [5, 5.41) is 24.6. The van der Waals surface area contributed by atoms with E-state index in [0.29, 0.717) is 26.2 Å². The summed E-state index contributed by atoms with van der Waals surface area (Å²) in [5.74, 6) is -0.587. The summed E-state index contributed by atoms with van der Waals surface area (Å²) >= 11 is 0. The second kappa shape index (κ2) is 14.4. The fourth-order valence-electron chi connectivity index (χ4n) is 4.64. The van der Waals surface area contributed by atoms with Crippen LogP contribution in [-0.2, 0) is 38.0 Å². The largest absolute Gasteiger partial charge is 0.459 e. The summed E-state index contributed by atoms with van der Waals surface area (Å²) in [6, 6.07) is -0.987. The lowest BCUT2D eigenvalue weighted by atomic mass is 9.93. The van der Waals surface area contributed by atoms with Gasteiger partial charge in [0, 0.05) is 25.0 Å². The van der Waals surface area contributed by atoms with E-state index in [2.05, 4.69) is 10.0 Å². The average molecular weight is 518 g/mol. The second-order valence-electron chi connectivity index (χ2n) is 9.17. The smallest absolute Gasteiger partial charge is 0.303 e. The monoisotopic (exact) mass is 517 g/mol. The minimum absolute atomic E-state index is 0.335. The van der Waals surface area contributed by atoms with Crippen molar-refractivity contribution in [3.8, 4) is 0 Å². The average Bonchev–Trinajstić information content (AvgIpc) is 2.86. The molecule has 13 nitrogen and oxygen atoms in total. The highest BCUT2D eigenvalue weighted by Gasteiger charge is 2.54. The zero-order valence-corrected chi connectivity index (χ0v) is 21.1. The van der Waals surface area contributed by atoms with Gasteiger partial charge in [-0.15, -0.1) is 0 Å². The van der Waals surface area contributed by atoms with Crippen LogP contribution in [0, 0.1) is 0 Å². The van der Waals surface area contributed by atoms with E-state index in [1.807, 2.05) is 13.8 Å². The van der Waals surface area contributed by atoms with Gasteiger partial charge in [0.15, 0.2) is 12.6 Å². The van der Waals surface area contributed by atoms with Gasteiger partial charge in [0.25, 0.3) is 0 Å². The third kappa shape index (κ3) is 7.06. The molecule has 0 spiro atoms. The van der Waals surface area contributed by atoms with Crippen molar-refractivity contribution in [2.45, 2.75) is 114 Å².